The molecule has 2 aromatic rings. The maximum atomic E-state index is 6.22. The van der Waals surface area contributed by atoms with Crippen molar-refractivity contribution in [1.29, 1.82) is 0 Å². The molecule has 0 radical (unpaired) electrons. The second-order valence-corrected chi connectivity index (χ2v) is 7.03. The highest BCUT2D eigenvalue weighted by Gasteiger charge is 2.13. The molecule has 1 aromatic heterocycles. The summed E-state index contributed by atoms with van der Waals surface area (Å²) in [6, 6.07) is 10.4. The van der Waals surface area contributed by atoms with Crippen LogP contribution >= 0.6 is 43.5 Å². The summed E-state index contributed by atoms with van der Waals surface area (Å²) in [4.78, 5) is 4.46. The molecule has 2 rings (SSSR count). The summed E-state index contributed by atoms with van der Waals surface area (Å²) in [6.45, 7) is 3.13. The Hall–Kier alpha value is -0.420. The van der Waals surface area contributed by atoms with Crippen molar-refractivity contribution >= 4 is 43.5 Å². The van der Waals surface area contributed by atoms with Gasteiger partial charge in [0, 0.05) is 33.3 Å². The lowest BCUT2D eigenvalue weighted by atomic mass is 10.0. The van der Waals surface area contributed by atoms with Gasteiger partial charge in [0.25, 0.3) is 0 Å². The van der Waals surface area contributed by atoms with Crippen LogP contribution in [0.5, 0.6) is 0 Å². The van der Waals surface area contributed by atoms with Crippen LogP contribution in [0.25, 0.3) is 0 Å². The molecule has 0 saturated heterocycles. The maximum Gasteiger partial charge on any atom is 0.0551 e. The van der Waals surface area contributed by atoms with Gasteiger partial charge >= 0.3 is 0 Å². The molecule has 2 nitrogen and oxygen atoms in total. The lowest BCUT2D eigenvalue weighted by molar-refractivity contribution is 0.524. The number of benzene rings is 1. The zero-order chi connectivity index (χ0) is 15.2. The average Bonchev–Trinajstić information content (AvgIpc) is 2.48. The Balaban J connectivity index is 2.20. The second kappa shape index (κ2) is 8.28. The predicted octanol–water partition coefficient (Wildman–Crippen LogP) is 5.54. The normalized spacial score (nSPS) is 12.4. The molecule has 1 heterocycles. The van der Waals surface area contributed by atoms with Crippen molar-refractivity contribution in [2.24, 2.45) is 0 Å². The van der Waals surface area contributed by atoms with E-state index in [2.05, 4.69) is 55.2 Å². The Kier molecular flexibility index (Phi) is 6.68. The zero-order valence-corrected chi connectivity index (χ0v) is 15.7. The van der Waals surface area contributed by atoms with Gasteiger partial charge in [0.15, 0.2) is 0 Å². The second-order valence-electron chi connectivity index (χ2n) is 4.85. The molecular formula is C16H17Br2ClN2. The van der Waals surface area contributed by atoms with E-state index in [9.17, 15) is 0 Å². The van der Waals surface area contributed by atoms with Gasteiger partial charge in [-0.2, -0.15) is 0 Å². The molecule has 1 atom stereocenters. The van der Waals surface area contributed by atoms with Crippen LogP contribution in [-0.2, 0) is 6.42 Å². The molecule has 1 N–H and O–H groups in total. The lowest BCUT2D eigenvalue weighted by Gasteiger charge is -2.19. The van der Waals surface area contributed by atoms with Gasteiger partial charge in [-0.1, -0.05) is 24.6 Å². The van der Waals surface area contributed by atoms with Gasteiger partial charge in [-0.15, -0.1) is 0 Å². The van der Waals surface area contributed by atoms with Gasteiger partial charge < -0.3 is 5.32 Å². The maximum absolute atomic E-state index is 6.22. The Morgan fingerprint density at radius 1 is 1.24 bits per heavy atom. The summed E-state index contributed by atoms with van der Waals surface area (Å²) in [5.74, 6) is 0. The van der Waals surface area contributed by atoms with E-state index < -0.39 is 0 Å². The molecular weight excluding hydrogens is 415 g/mol. The number of nitrogens with zero attached hydrogens (tertiary/aromatic N) is 1. The van der Waals surface area contributed by atoms with E-state index in [0.717, 1.165) is 39.0 Å². The number of halogens is 3. The summed E-state index contributed by atoms with van der Waals surface area (Å²) in [5.41, 5.74) is 2.24. The van der Waals surface area contributed by atoms with Crippen molar-refractivity contribution in [1.82, 2.24) is 10.3 Å². The average molecular weight is 433 g/mol. The minimum Gasteiger partial charge on any atom is -0.310 e. The fourth-order valence-electron chi connectivity index (χ4n) is 2.09. The monoisotopic (exact) mass is 430 g/mol. The van der Waals surface area contributed by atoms with Crippen molar-refractivity contribution < 1.29 is 0 Å². The van der Waals surface area contributed by atoms with Gasteiger partial charge in [0.2, 0.25) is 0 Å². The van der Waals surface area contributed by atoms with Crippen molar-refractivity contribution in [2.75, 3.05) is 6.54 Å². The third kappa shape index (κ3) is 5.06. The van der Waals surface area contributed by atoms with Crippen LogP contribution in [0.15, 0.2) is 45.5 Å². The van der Waals surface area contributed by atoms with Gasteiger partial charge in [0.05, 0.1) is 5.02 Å². The number of aromatic nitrogens is 1. The quantitative estimate of drug-likeness (QED) is 0.648. The Bertz CT molecular complexity index is 587. The summed E-state index contributed by atoms with van der Waals surface area (Å²) < 4.78 is 1.92. The van der Waals surface area contributed by atoms with Crippen LogP contribution in [0.1, 0.15) is 30.6 Å². The van der Waals surface area contributed by atoms with E-state index in [1.54, 1.807) is 0 Å². The lowest BCUT2D eigenvalue weighted by Crippen LogP contribution is -2.24. The van der Waals surface area contributed by atoms with E-state index in [-0.39, 0.29) is 6.04 Å². The van der Waals surface area contributed by atoms with Gasteiger partial charge in [-0.3, -0.25) is 4.98 Å². The number of rotatable bonds is 6. The van der Waals surface area contributed by atoms with E-state index >= 15 is 0 Å². The fourth-order valence-corrected chi connectivity index (χ4v) is 2.76. The number of nitrogens with one attached hydrogen (secondary N) is 1. The minimum atomic E-state index is 0.212. The Morgan fingerprint density at radius 3 is 2.67 bits per heavy atom. The summed E-state index contributed by atoms with van der Waals surface area (Å²) >= 11 is 13.1. The topological polar surface area (TPSA) is 24.9 Å². The highest BCUT2D eigenvalue weighted by molar-refractivity contribution is 9.10. The molecule has 0 fully saturated rings. The molecule has 5 heteroatoms. The molecule has 1 aromatic carbocycles. The summed E-state index contributed by atoms with van der Waals surface area (Å²) in [6.07, 6.45) is 3.76. The highest BCUT2D eigenvalue weighted by atomic mass is 79.9. The molecule has 0 amide bonds. The third-order valence-corrected chi connectivity index (χ3v) is 4.89. The number of pyridine rings is 1. The Labute approximate surface area is 147 Å². The van der Waals surface area contributed by atoms with Crippen molar-refractivity contribution in [3.63, 3.8) is 0 Å². The van der Waals surface area contributed by atoms with E-state index in [1.165, 1.54) is 5.56 Å². The molecule has 0 spiro atoms. The van der Waals surface area contributed by atoms with E-state index in [0.29, 0.717) is 0 Å². The Morgan fingerprint density at radius 2 is 2.05 bits per heavy atom. The first-order chi connectivity index (χ1) is 10.1. The number of hydrogen-bond donors (Lipinski definition) is 1. The van der Waals surface area contributed by atoms with Crippen LogP contribution in [0.3, 0.4) is 0 Å². The van der Waals surface area contributed by atoms with Crippen LogP contribution in [-0.4, -0.2) is 11.5 Å². The van der Waals surface area contributed by atoms with Crippen LogP contribution < -0.4 is 5.32 Å². The van der Waals surface area contributed by atoms with Crippen molar-refractivity contribution in [3.05, 3.63) is 61.8 Å². The summed E-state index contributed by atoms with van der Waals surface area (Å²) in [5, 5.41) is 4.31. The fraction of sp³-hybridized carbons (Fsp3) is 0.312. The molecule has 0 aliphatic heterocycles. The van der Waals surface area contributed by atoms with Crippen LogP contribution in [0.2, 0.25) is 5.02 Å². The third-order valence-electron chi connectivity index (χ3n) is 3.19. The zero-order valence-electron chi connectivity index (χ0n) is 11.7. The first-order valence-corrected chi connectivity index (χ1v) is 8.85. The van der Waals surface area contributed by atoms with Gasteiger partial charge in [-0.05, 0) is 74.7 Å². The molecule has 112 valence electrons. The molecule has 21 heavy (non-hydrogen) atoms. The molecule has 0 aliphatic carbocycles. The molecule has 0 bridgehead atoms. The minimum absolute atomic E-state index is 0.212. The summed E-state index contributed by atoms with van der Waals surface area (Å²) in [7, 11) is 0. The molecule has 1 unspecified atom stereocenters. The smallest absolute Gasteiger partial charge is 0.0551 e. The molecule has 0 saturated carbocycles. The van der Waals surface area contributed by atoms with E-state index in [1.807, 2.05) is 30.5 Å². The van der Waals surface area contributed by atoms with E-state index in [4.69, 9.17) is 11.6 Å². The van der Waals surface area contributed by atoms with Crippen molar-refractivity contribution in [2.45, 2.75) is 25.8 Å². The SMILES string of the molecule is CCCNC(Cc1ccc(Br)cn1)c1ccc(Br)c(Cl)c1. The first kappa shape index (κ1) is 16.9. The molecule has 0 aliphatic rings. The number of hydrogen-bond acceptors (Lipinski definition) is 2. The van der Waals surface area contributed by atoms with Crippen molar-refractivity contribution in [3.8, 4) is 0 Å². The van der Waals surface area contributed by atoms with Gasteiger partial charge in [0.1, 0.15) is 0 Å². The predicted molar refractivity (Wildman–Crippen MR) is 95.8 cm³/mol. The first-order valence-electron chi connectivity index (χ1n) is 6.89. The standard InChI is InChI=1S/C16H17Br2ClN2/c1-2-7-20-16(9-13-5-4-12(17)10-21-13)11-3-6-14(18)15(19)8-11/h3-6,8,10,16,20H,2,7,9H2,1H3. The van der Waals surface area contributed by atoms with Gasteiger partial charge in [-0.25, -0.2) is 0 Å². The van der Waals surface area contributed by atoms with Crippen LogP contribution in [0, 0.1) is 0 Å². The largest absolute Gasteiger partial charge is 0.310 e. The van der Waals surface area contributed by atoms with Crippen LogP contribution in [0.4, 0.5) is 0 Å². The highest BCUT2D eigenvalue weighted by Crippen LogP contribution is 2.27.